The van der Waals surface area contributed by atoms with Crippen LogP contribution >= 0.6 is 0 Å². The fourth-order valence-electron chi connectivity index (χ4n) is 5.42. The summed E-state index contributed by atoms with van der Waals surface area (Å²) in [5.74, 6) is 2.99. The number of anilines is 1. The molecule has 0 unspecified atom stereocenters. The SMILES string of the molecule is COc1ccc(-c2cc(C)c(NC(=O)[C@@H]3C[C@H]3C3CCCCC3)cc2-c2nnn[nH]2)cc1C. The molecule has 172 valence electrons. The lowest BCUT2D eigenvalue weighted by Gasteiger charge is -2.21. The summed E-state index contributed by atoms with van der Waals surface area (Å²) in [6.07, 6.45) is 7.57. The molecular formula is C26H31N5O2. The van der Waals surface area contributed by atoms with Gasteiger partial charge in [0, 0.05) is 17.2 Å². The zero-order chi connectivity index (χ0) is 22.9. The van der Waals surface area contributed by atoms with Crippen LogP contribution in [0.2, 0.25) is 0 Å². The molecule has 1 amide bonds. The molecule has 0 aliphatic heterocycles. The van der Waals surface area contributed by atoms with Crippen LogP contribution in [0.3, 0.4) is 0 Å². The number of hydrogen-bond donors (Lipinski definition) is 2. The van der Waals surface area contributed by atoms with E-state index in [9.17, 15) is 4.79 Å². The smallest absolute Gasteiger partial charge is 0.227 e. The Labute approximate surface area is 194 Å². The highest BCUT2D eigenvalue weighted by atomic mass is 16.5. The van der Waals surface area contributed by atoms with Crippen molar-refractivity contribution in [1.29, 1.82) is 0 Å². The topological polar surface area (TPSA) is 92.8 Å². The molecule has 2 aliphatic carbocycles. The van der Waals surface area contributed by atoms with Crippen molar-refractivity contribution in [2.75, 3.05) is 12.4 Å². The van der Waals surface area contributed by atoms with Crippen LogP contribution in [-0.2, 0) is 4.79 Å². The van der Waals surface area contributed by atoms with Crippen LogP contribution in [0.4, 0.5) is 5.69 Å². The summed E-state index contributed by atoms with van der Waals surface area (Å²) in [7, 11) is 1.67. The minimum absolute atomic E-state index is 0.142. The predicted molar refractivity (Wildman–Crippen MR) is 128 cm³/mol. The highest BCUT2D eigenvalue weighted by Gasteiger charge is 2.47. The lowest BCUT2D eigenvalue weighted by atomic mass is 9.85. The number of ether oxygens (including phenoxy) is 1. The summed E-state index contributed by atoms with van der Waals surface area (Å²) in [6, 6.07) is 10.2. The summed E-state index contributed by atoms with van der Waals surface area (Å²) >= 11 is 0. The maximum atomic E-state index is 13.1. The number of methoxy groups -OCH3 is 1. The van der Waals surface area contributed by atoms with Gasteiger partial charge < -0.3 is 10.1 Å². The van der Waals surface area contributed by atoms with E-state index in [0.717, 1.165) is 51.6 Å². The Bertz CT molecular complexity index is 1150. The molecule has 7 heteroatoms. The van der Waals surface area contributed by atoms with Gasteiger partial charge in [0.25, 0.3) is 0 Å². The average Bonchev–Trinajstić information content (AvgIpc) is 3.46. The number of nitrogens with zero attached hydrogens (tertiary/aromatic N) is 3. The lowest BCUT2D eigenvalue weighted by molar-refractivity contribution is -0.117. The molecule has 2 aromatic carbocycles. The van der Waals surface area contributed by atoms with E-state index in [-0.39, 0.29) is 11.8 Å². The molecule has 2 saturated carbocycles. The van der Waals surface area contributed by atoms with Crippen molar-refractivity contribution >= 4 is 11.6 Å². The van der Waals surface area contributed by atoms with Crippen molar-refractivity contribution in [2.45, 2.75) is 52.4 Å². The first-order chi connectivity index (χ1) is 16.0. The normalized spacial score (nSPS) is 20.5. The number of H-pyrrole nitrogens is 1. The van der Waals surface area contributed by atoms with Gasteiger partial charge in [-0.3, -0.25) is 4.79 Å². The molecule has 1 aromatic heterocycles. The number of nitrogens with one attached hydrogen (secondary N) is 2. The summed E-state index contributed by atoms with van der Waals surface area (Å²) in [4.78, 5) is 13.1. The van der Waals surface area contributed by atoms with E-state index in [1.807, 2.05) is 32.0 Å². The molecule has 0 saturated heterocycles. The van der Waals surface area contributed by atoms with Gasteiger partial charge in [-0.05, 0) is 89.1 Å². The van der Waals surface area contributed by atoms with Crippen LogP contribution in [0, 0.1) is 31.6 Å². The second kappa shape index (κ2) is 8.96. The van der Waals surface area contributed by atoms with Crippen LogP contribution in [0.5, 0.6) is 5.75 Å². The van der Waals surface area contributed by atoms with Gasteiger partial charge in [0.1, 0.15) is 5.75 Å². The van der Waals surface area contributed by atoms with E-state index in [1.165, 1.54) is 32.1 Å². The summed E-state index contributed by atoms with van der Waals surface area (Å²) in [5.41, 5.74) is 5.77. The second-order valence-corrected chi connectivity index (χ2v) is 9.54. The maximum Gasteiger partial charge on any atom is 0.227 e. The quantitative estimate of drug-likeness (QED) is 0.536. The molecule has 2 aliphatic rings. The van der Waals surface area contributed by atoms with Gasteiger partial charge in [0.15, 0.2) is 5.82 Å². The number of hydrogen-bond acceptors (Lipinski definition) is 5. The maximum absolute atomic E-state index is 13.1. The molecule has 7 nitrogen and oxygen atoms in total. The number of rotatable bonds is 6. The first kappa shape index (κ1) is 21.6. The number of tetrazole rings is 1. The van der Waals surface area contributed by atoms with Crippen molar-refractivity contribution in [1.82, 2.24) is 20.6 Å². The minimum Gasteiger partial charge on any atom is -0.496 e. The van der Waals surface area contributed by atoms with E-state index in [2.05, 4.69) is 38.1 Å². The van der Waals surface area contributed by atoms with Crippen LogP contribution in [0.1, 0.15) is 49.7 Å². The third kappa shape index (κ3) is 4.36. The van der Waals surface area contributed by atoms with Gasteiger partial charge in [-0.15, -0.1) is 5.10 Å². The van der Waals surface area contributed by atoms with E-state index in [0.29, 0.717) is 11.7 Å². The molecule has 0 radical (unpaired) electrons. The Hall–Kier alpha value is -3.22. The standard InChI is InChI=1S/C26H31N5O2/c1-15-12-19(18-9-10-24(33-3)16(2)11-18)21(25-28-30-31-29-25)14-23(15)27-26(32)22-13-20(22)17-7-5-4-6-8-17/h9-12,14,17,20,22H,4-8,13H2,1-3H3,(H,27,32)(H,28,29,30,31)/t20-,22+/m0/s1. The third-order valence-electron chi connectivity index (χ3n) is 7.36. The number of aromatic nitrogens is 4. The lowest BCUT2D eigenvalue weighted by Crippen LogP contribution is -2.18. The Balaban J connectivity index is 1.43. The molecule has 2 fully saturated rings. The van der Waals surface area contributed by atoms with Gasteiger partial charge in [0.2, 0.25) is 5.91 Å². The van der Waals surface area contributed by atoms with Crippen LogP contribution < -0.4 is 10.1 Å². The third-order valence-corrected chi connectivity index (χ3v) is 7.36. The van der Waals surface area contributed by atoms with Crippen LogP contribution in [0.25, 0.3) is 22.5 Å². The van der Waals surface area contributed by atoms with Crippen molar-refractivity contribution in [3.05, 3.63) is 41.5 Å². The summed E-state index contributed by atoms with van der Waals surface area (Å²) < 4.78 is 5.42. The van der Waals surface area contributed by atoms with Crippen molar-refractivity contribution in [2.24, 2.45) is 17.8 Å². The molecule has 33 heavy (non-hydrogen) atoms. The number of carbonyl (C=O) groups is 1. The predicted octanol–water partition coefficient (Wildman–Crippen LogP) is 5.31. The Morgan fingerprint density at radius 2 is 1.88 bits per heavy atom. The highest BCUT2D eigenvalue weighted by Crippen LogP contribution is 2.50. The Morgan fingerprint density at radius 1 is 1.06 bits per heavy atom. The highest BCUT2D eigenvalue weighted by molar-refractivity contribution is 5.97. The molecule has 1 heterocycles. The zero-order valence-electron chi connectivity index (χ0n) is 19.5. The number of aryl methyl sites for hydroxylation is 2. The van der Waals surface area contributed by atoms with E-state index < -0.39 is 0 Å². The minimum atomic E-state index is 0.142. The molecular weight excluding hydrogens is 414 g/mol. The first-order valence-electron chi connectivity index (χ1n) is 11.9. The van der Waals surface area contributed by atoms with Crippen molar-refractivity contribution < 1.29 is 9.53 Å². The Morgan fingerprint density at radius 3 is 2.58 bits per heavy atom. The second-order valence-electron chi connectivity index (χ2n) is 9.54. The van der Waals surface area contributed by atoms with Gasteiger partial charge in [-0.1, -0.05) is 38.2 Å². The Kier molecular flexibility index (Phi) is 5.87. The average molecular weight is 446 g/mol. The molecule has 0 bridgehead atoms. The first-order valence-corrected chi connectivity index (χ1v) is 11.9. The van der Waals surface area contributed by atoms with Crippen LogP contribution in [-0.4, -0.2) is 33.6 Å². The zero-order valence-corrected chi connectivity index (χ0v) is 19.5. The monoisotopic (exact) mass is 445 g/mol. The number of aromatic amines is 1. The van der Waals surface area contributed by atoms with Crippen molar-refractivity contribution in [3.63, 3.8) is 0 Å². The summed E-state index contributed by atoms with van der Waals surface area (Å²) in [5, 5.41) is 17.8. The van der Waals surface area contributed by atoms with Crippen LogP contribution in [0.15, 0.2) is 30.3 Å². The van der Waals surface area contributed by atoms with Gasteiger partial charge >= 0.3 is 0 Å². The largest absolute Gasteiger partial charge is 0.496 e. The molecule has 0 spiro atoms. The van der Waals surface area contributed by atoms with E-state index in [1.54, 1.807) is 7.11 Å². The van der Waals surface area contributed by atoms with E-state index in [4.69, 9.17) is 4.74 Å². The van der Waals surface area contributed by atoms with E-state index >= 15 is 0 Å². The fourth-order valence-corrected chi connectivity index (χ4v) is 5.42. The number of benzene rings is 2. The van der Waals surface area contributed by atoms with Gasteiger partial charge in [-0.2, -0.15) is 0 Å². The molecule has 5 rings (SSSR count). The molecule has 2 N–H and O–H groups in total. The number of amides is 1. The molecule has 2 atom stereocenters. The molecule has 3 aromatic rings. The number of carbonyl (C=O) groups excluding carboxylic acids is 1. The fraction of sp³-hybridized carbons (Fsp3) is 0.462. The van der Waals surface area contributed by atoms with Gasteiger partial charge in [-0.25, -0.2) is 5.10 Å². The van der Waals surface area contributed by atoms with Crippen molar-refractivity contribution in [3.8, 4) is 28.3 Å². The van der Waals surface area contributed by atoms with Gasteiger partial charge in [0.05, 0.1) is 7.11 Å². The summed E-state index contributed by atoms with van der Waals surface area (Å²) in [6.45, 7) is 4.06.